The van der Waals surface area contributed by atoms with Gasteiger partial charge in [-0.25, -0.2) is 18.7 Å². The lowest BCUT2D eigenvalue weighted by atomic mass is 10.1. The van der Waals surface area contributed by atoms with Crippen molar-refractivity contribution < 1.29 is 13.9 Å². The highest BCUT2D eigenvalue weighted by atomic mass is 19.2. The number of piperazine rings is 1. The van der Waals surface area contributed by atoms with Crippen LogP contribution in [0.5, 0.6) is 0 Å². The third kappa shape index (κ3) is 3.49. The number of aliphatic hydroxyl groups is 1. The number of rotatable bonds is 4. The molecule has 4 aromatic rings. The molecule has 1 saturated heterocycles. The van der Waals surface area contributed by atoms with Gasteiger partial charge in [0.05, 0.1) is 16.7 Å². The quantitative estimate of drug-likeness (QED) is 0.525. The first-order valence-corrected chi connectivity index (χ1v) is 10.7. The molecule has 0 aliphatic carbocycles. The highest BCUT2D eigenvalue weighted by Gasteiger charge is 2.23. The van der Waals surface area contributed by atoms with Crippen LogP contribution < -0.4 is 10.2 Å². The molecule has 0 saturated carbocycles. The molecule has 162 valence electrons. The number of aryl methyl sites for hydroxylation is 1. The minimum absolute atomic E-state index is 0.0475. The molecule has 2 N–H and O–H groups in total. The molecule has 0 spiro atoms. The lowest BCUT2D eigenvalue weighted by molar-refractivity contribution is 0.288. The zero-order chi connectivity index (χ0) is 21.7. The summed E-state index contributed by atoms with van der Waals surface area (Å²) in [4.78, 5) is 11.9. The van der Waals surface area contributed by atoms with Gasteiger partial charge in [-0.3, -0.25) is 4.40 Å². The number of nitrogens with zero attached hydrogens (tertiary/aromatic N) is 4. The van der Waals surface area contributed by atoms with E-state index in [-0.39, 0.29) is 6.61 Å². The van der Waals surface area contributed by atoms with E-state index in [4.69, 9.17) is 9.97 Å². The Morgan fingerprint density at radius 2 is 1.77 bits per heavy atom. The zero-order valence-electron chi connectivity index (χ0n) is 17.6. The van der Waals surface area contributed by atoms with Crippen LogP contribution in [0.15, 0.2) is 30.3 Å². The van der Waals surface area contributed by atoms with Gasteiger partial charge in [0.2, 0.25) is 0 Å². The van der Waals surface area contributed by atoms with Gasteiger partial charge in [0.15, 0.2) is 17.3 Å². The molecule has 6 nitrogen and oxygen atoms in total. The molecule has 2 atom stereocenters. The molecule has 1 aromatic carbocycles. The highest BCUT2D eigenvalue weighted by Crippen LogP contribution is 2.30. The van der Waals surface area contributed by atoms with E-state index < -0.39 is 11.6 Å². The summed E-state index contributed by atoms with van der Waals surface area (Å²) in [7, 11) is 0. The molecule has 3 aromatic heterocycles. The standard InChI is InChI=1S/C23H25F2N5O/c1-13-11-29(12-14(2)26-13)22-6-5-19-23(28-22)30-20-10-17(25)16(24)8-15(20)9-21(30)18(27-19)4-3-7-31/h5-6,8-10,13-14,26,31H,3-4,7,11-12H2,1-2H3/t13-,14+. The van der Waals surface area contributed by atoms with Crippen LogP contribution >= 0.6 is 0 Å². The van der Waals surface area contributed by atoms with Crippen LogP contribution in [0.25, 0.3) is 27.6 Å². The van der Waals surface area contributed by atoms with E-state index in [9.17, 15) is 13.9 Å². The summed E-state index contributed by atoms with van der Waals surface area (Å²) in [6, 6.07) is 8.82. The van der Waals surface area contributed by atoms with E-state index in [0.29, 0.717) is 47.0 Å². The maximum absolute atomic E-state index is 14.1. The van der Waals surface area contributed by atoms with Crippen LogP contribution in [-0.4, -0.2) is 51.3 Å². The van der Waals surface area contributed by atoms with Crippen molar-refractivity contribution in [1.82, 2.24) is 19.7 Å². The van der Waals surface area contributed by atoms with Gasteiger partial charge in [-0.05, 0) is 51.0 Å². The largest absolute Gasteiger partial charge is 0.396 e. The fraction of sp³-hybridized carbons (Fsp3) is 0.391. The number of anilines is 1. The normalized spacial score (nSPS) is 19.7. The molecule has 0 radical (unpaired) electrons. The van der Waals surface area contributed by atoms with E-state index in [1.165, 1.54) is 12.1 Å². The highest BCUT2D eigenvalue weighted by molar-refractivity contribution is 5.93. The van der Waals surface area contributed by atoms with Gasteiger partial charge < -0.3 is 15.3 Å². The Balaban J connectivity index is 1.76. The van der Waals surface area contributed by atoms with Crippen molar-refractivity contribution in [2.45, 2.75) is 38.8 Å². The Kier molecular flexibility index (Phi) is 4.98. The summed E-state index contributed by atoms with van der Waals surface area (Å²) in [6.07, 6.45) is 1.12. The molecule has 4 heterocycles. The summed E-state index contributed by atoms with van der Waals surface area (Å²) < 4.78 is 29.9. The summed E-state index contributed by atoms with van der Waals surface area (Å²) >= 11 is 0. The molecule has 31 heavy (non-hydrogen) atoms. The van der Waals surface area contributed by atoms with Crippen molar-refractivity contribution in [2.75, 3.05) is 24.6 Å². The van der Waals surface area contributed by atoms with Crippen molar-refractivity contribution in [2.24, 2.45) is 0 Å². The molecular formula is C23H25F2N5O. The van der Waals surface area contributed by atoms with E-state index >= 15 is 0 Å². The van der Waals surface area contributed by atoms with Gasteiger partial charge in [0.1, 0.15) is 11.3 Å². The maximum Gasteiger partial charge on any atom is 0.166 e. The first-order valence-electron chi connectivity index (χ1n) is 10.7. The third-order valence-corrected chi connectivity index (χ3v) is 5.90. The van der Waals surface area contributed by atoms with Crippen LogP contribution in [0.1, 0.15) is 26.0 Å². The fourth-order valence-electron chi connectivity index (χ4n) is 4.65. The molecule has 1 aliphatic heterocycles. The van der Waals surface area contributed by atoms with Crippen LogP contribution in [0.4, 0.5) is 14.6 Å². The molecule has 1 fully saturated rings. The lowest BCUT2D eigenvalue weighted by Gasteiger charge is -2.37. The minimum Gasteiger partial charge on any atom is -0.396 e. The van der Waals surface area contributed by atoms with Gasteiger partial charge in [-0.1, -0.05) is 0 Å². The summed E-state index contributed by atoms with van der Waals surface area (Å²) in [5.74, 6) is -0.936. The molecule has 5 rings (SSSR count). The van der Waals surface area contributed by atoms with Crippen molar-refractivity contribution in [3.8, 4) is 0 Å². The van der Waals surface area contributed by atoms with Gasteiger partial charge in [0.25, 0.3) is 0 Å². The van der Waals surface area contributed by atoms with Crippen molar-refractivity contribution in [3.05, 3.63) is 47.7 Å². The fourth-order valence-corrected chi connectivity index (χ4v) is 4.65. The van der Waals surface area contributed by atoms with Crippen molar-refractivity contribution in [3.63, 3.8) is 0 Å². The van der Waals surface area contributed by atoms with Crippen LogP contribution in [0, 0.1) is 11.6 Å². The van der Waals surface area contributed by atoms with E-state index in [0.717, 1.165) is 30.1 Å². The number of hydrogen-bond donors (Lipinski definition) is 2. The van der Waals surface area contributed by atoms with Crippen molar-refractivity contribution >= 4 is 33.4 Å². The number of nitrogens with one attached hydrogen (secondary N) is 1. The molecule has 0 bridgehead atoms. The second-order valence-corrected chi connectivity index (χ2v) is 8.46. The number of fused-ring (bicyclic) bond motifs is 5. The Morgan fingerprint density at radius 1 is 1.03 bits per heavy atom. The number of pyridine rings is 1. The van der Waals surface area contributed by atoms with Crippen LogP contribution in [-0.2, 0) is 6.42 Å². The Morgan fingerprint density at radius 3 is 2.52 bits per heavy atom. The topological polar surface area (TPSA) is 65.7 Å². The zero-order valence-corrected chi connectivity index (χ0v) is 17.6. The van der Waals surface area contributed by atoms with Gasteiger partial charge >= 0.3 is 0 Å². The molecule has 8 heteroatoms. The lowest BCUT2D eigenvalue weighted by Crippen LogP contribution is -2.54. The average Bonchev–Trinajstić information content (AvgIpc) is 3.10. The summed E-state index contributed by atoms with van der Waals surface area (Å²) in [6.45, 7) is 6.01. The first kappa shape index (κ1) is 20.1. The number of benzene rings is 1. The Bertz CT molecular complexity index is 1280. The van der Waals surface area contributed by atoms with E-state index in [1.54, 1.807) is 0 Å². The molecule has 1 aliphatic rings. The number of hydrogen-bond acceptors (Lipinski definition) is 5. The van der Waals surface area contributed by atoms with Crippen LogP contribution in [0.2, 0.25) is 0 Å². The Hall–Kier alpha value is -2.84. The maximum atomic E-state index is 14.1. The smallest absolute Gasteiger partial charge is 0.166 e. The minimum atomic E-state index is -0.893. The number of aliphatic hydroxyl groups excluding tert-OH is 1. The third-order valence-electron chi connectivity index (χ3n) is 5.90. The monoisotopic (exact) mass is 425 g/mol. The number of aromatic nitrogens is 3. The first-order chi connectivity index (χ1) is 14.9. The molecular weight excluding hydrogens is 400 g/mol. The summed E-state index contributed by atoms with van der Waals surface area (Å²) in [5.41, 5.74) is 3.38. The summed E-state index contributed by atoms with van der Waals surface area (Å²) in [5, 5.41) is 13.4. The molecule has 0 amide bonds. The SMILES string of the molecule is C[C@@H]1CN(c2ccc3nc(CCCO)c4cc5cc(F)c(F)cc5n4c3n2)C[C@H](C)N1. The second-order valence-electron chi connectivity index (χ2n) is 8.46. The van der Waals surface area contributed by atoms with Crippen LogP contribution in [0.3, 0.4) is 0 Å². The predicted molar refractivity (Wildman–Crippen MR) is 118 cm³/mol. The van der Waals surface area contributed by atoms with E-state index in [2.05, 4.69) is 24.1 Å². The Labute approximate surface area is 178 Å². The van der Waals surface area contributed by atoms with E-state index in [1.807, 2.05) is 22.6 Å². The predicted octanol–water partition coefficient (Wildman–Crippen LogP) is 3.43. The average molecular weight is 425 g/mol. The second kappa shape index (κ2) is 7.69. The molecule has 0 unspecified atom stereocenters. The van der Waals surface area contributed by atoms with Gasteiger partial charge in [-0.15, -0.1) is 0 Å². The van der Waals surface area contributed by atoms with Crippen molar-refractivity contribution in [1.29, 1.82) is 0 Å². The number of halogens is 2. The van der Waals surface area contributed by atoms with Gasteiger partial charge in [0, 0.05) is 43.2 Å². The van der Waals surface area contributed by atoms with Gasteiger partial charge in [-0.2, -0.15) is 0 Å².